The molecule has 0 radical (unpaired) electrons. The molecule has 1 aliphatic heterocycles. The van der Waals surface area contributed by atoms with Crippen LogP contribution >= 0.6 is 35.6 Å². The zero-order valence-electron chi connectivity index (χ0n) is 9.95. The Labute approximate surface area is 123 Å². The predicted octanol–water partition coefficient (Wildman–Crippen LogP) is 2.85. The van der Waals surface area contributed by atoms with Crippen LogP contribution in [0.4, 0.5) is 0 Å². The van der Waals surface area contributed by atoms with E-state index in [1.54, 1.807) is 18.2 Å². The SMILES string of the molecule is C[C@H]1CN(C(=O)c2ccc(Cl)c(Cl)c2)CCN1.Cl. The molecule has 100 valence electrons. The zero-order valence-corrected chi connectivity index (χ0v) is 12.3. The summed E-state index contributed by atoms with van der Waals surface area (Å²) in [5.41, 5.74) is 0.591. The summed E-state index contributed by atoms with van der Waals surface area (Å²) in [5, 5.41) is 4.18. The van der Waals surface area contributed by atoms with Gasteiger partial charge in [0.05, 0.1) is 10.0 Å². The third kappa shape index (κ3) is 3.51. The van der Waals surface area contributed by atoms with E-state index in [1.165, 1.54) is 0 Å². The van der Waals surface area contributed by atoms with E-state index in [2.05, 4.69) is 12.2 Å². The number of nitrogens with one attached hydrogen (secondary N) is 1. The van der Waals surface area contributed by atoms with E-state index in [4.69, 9.17) is 23.2 Å². The van der Waals surface area contributed by atoms with Crippen molar-refractivity contribution in [3.8, 4) is 0 Å². The largest absolute Gasteiger partial charge is 0.336 e. The van der Waals surface area contributed by atoms with Gasteiger partial charge < -0.3 is 10.2 Å². The van der Waals surface area contributed by atoms with Gasteiger partial charge in [-0.25, -0.2) is 0 Å². The first-order chi connectivity index (χ1) is 8.08. The van der Waals surface area contributed by atoms with E-state index < -0.39 is 0 Å². The highest BCUT2D eigenvalue weighted by molar-refractivity contribution is 6.42. The van der Waals surface area contributed by atoms with Crippen molar-refractivity contribution in [1.82, 2.24) is 10.2 Å². The van der Waals surface area contributed by atoms with E-state index in [1.807, 2.05) is 4.90 Å². The van der Waals surface area contributed by atoms with Crippen molar-refractivity contribution in [3.63, 3.8) is 0 Å². The zero-order chi connectivity index (χ0) is 12.4. The Kier molecular flexibility index (Phi) is 5.73. The third-order valence-corrected chi connectivity index (χ3v) is 3.56. The van der Waals surface area contributed by atoms with Crippen molar-refractivity contribution in [3.05, 3.63) is 33.8 Å². The van der Waals surface area contributed by atoms with E-state index >= 15 is 0 Å². The van der Waals surface area contributed by atoms with Crippen LogP contribution in [0.15, 0.2) is 18.2 Å². The first-order valence-corrected chi connectivity index (χ1v) is 6.31. The van der Waals surface area contributed by atoms with Crippen molar-refractivity contribution in [2.24, 2.45) is 0 Å². The highest BCUT2D eigenvalue weighted by Crippen LogP contribution is 2.23. The molecule has 1 fully saturated rings. The number of hydrogen-bond acceptors (Lipinski definition) is 2. The van der Waals surface area contributed by atoms with Gasteiger partial charge in [-0.3, -0.25) is 4.79 Å². The molecule has 1 aromatic carbocycles. The standard InChI is InChI=1S/C12H14Cl2N2O.ClH/c1-8-7-16(5-4-15-8)12(17)9-2-3-10(13)11(14)6-9;/h2-3,6,8,15H,4-5,7H2,1H3;1H/t8-;/m0./s1. The molecule has 6 heteroatoms. The van der Waals surface area contributed by atoms with Gasteiger partial charge in [-0.15, -0.1) is 12.4 Å². The Hall–Kier alpha value is -0.480. The minimum Gasteiger partial charge on any atom is -0.336 e. The fourth-order valence-corrected chi connectivity index (χ4v) is 2.23. The van der Waals surface area contributed by atoms with Gasteiger partial charge >= 0.3 is 0 Å². The summed E-state index contributed by atoms with van der Waals surface area (Å²) in [7, 11) is 0. The van der Waals surface area contributed by atoms with Crippen LogP contribution in [-0.4, -0.2) is 36.5 Å². The maximum atomic E-state index is 12.2. The van der Waals surface area contributed by atoms with Crippen molar-refractivity contribution < 1.29 is 4.79 Å². The van der Waals surface area contributed by atoms with Crippen LogP contribution in [0, 0.1) is 0 Å². The number of nitrogens with zero attached hydrogens (tertiary/aromatic N) is 1. The molecule has 2 rings (SSSR count). The molecule has 0 bridgehead atoms. The van der Waals surface area contributed by atoms with E-state index in [0.29, 0.717) is 21.7 Å². The number of benzene rings is 1. The summed E-state index contributed by atoms with van der Waals surface area (Å²) in [6.07, 6.45) is 0. The molecule has 1 aromatic rings. The molecular weight excluding hydrogens is 295 g/mol. The fraction of sp³-hybridized carbons (Fsp3) is 0.417. The van der Waals surface area contributed by atoms with Gasteiger partial charge in [-0.05, 0) is 25.1 Å². The predicted molar refractivity (Wildman–Crippen MR) is 77.1 cm³/mol. The summed E-state index contributed by atoms with van der Waals surface area (Å²) in [6.45, 7) is 4.34. The molecule has 1 N–H and O–H groups in total. The lowest BCUT2D eigenvalue weighted by atomic mass is 10.1. The molecule has 0 saturated carbocycles. The Bertz CT molecular complexity index is 439. The molecule has 1 saturated heterocycles. The van der Waals surface area contributed by atoms with Crippen LogP contribution in [0.1, 0.15) is 17.3 Å². The number of halogens is 3. The summed E-state index contributed by atoms with van der Waals surface area (Å²) in [4.78, 5) is 14.0. The Morgan fingerprint density at radius 1 is 1.39 bits per heavy atom. The normalized spacial score (nSPS) is 19.3. The third-order valence-electron chi connectivity index (χ3n) is 2.82. The molecule has 0 unspecified atom stereocenters. The van der Waals surface area contributed by atoms with Crippen LogP contribution in [-0.2, 0) is 0 Å². The average Bonchev–Trinajstić information content (AvgIpc) is 2.32. The van der Waals surface area contributed by atoms with Gasteiger partial charge in [-0.1, -0.05) is 23.2 Å². The summed E-state index contributed by atoms with van der Waals surface area (Å²) in [5.74, 6) is 0.0110. The van der Waals surface area contributed by atoms with Crippen LogP contribution in [0.5, 0.6) is 0 Å². The van der Waals surface area contributed by atoms with Crippen molar-refractivity contribution in [1.29, 1.82) is 0 Å². The van der Waals surface area contributed by atoms with Gasteiger partial charge in [-0.2, -0.15) is 0 Å². The van der Waals surface area contributed by atoms with Gasteiger partial charge in [0, 0.05) is 31.2 Å². The number of carbonyl (C=O) groups is 1. The van der Waals surface area contributed by atoms with Gasteiger partial charge in [0.25, 0.3) is 5.91 Å². The van der Waals surface area contributed by atoms with Crippen LogP contribution in [0.2, 0.25) is 10.0 Å². The Balaban J connectivity index is 0.00000162. The van der Waals surface area contributed by atoms with Gasteiger partial charge in [0.1, 0.15) is 0 Å². The summed E-state index contributed by atoms with van der Waals surface area (Å²) in [6, 6.07) is 5.32. The van der Waals surface area contributed by atoms with Crippen LogP contribution < -0.4 is 5.32 Å². The van der Waals surface area contributed by atoms with E-state index in [0.717, 1.165) is 19.6 Å². The fourth-order valence-electron chi connectivity index (χ4n) is 1.93. The minimum absolute atomic E-state index is 0. The number of carbonyl (C=O) groups excluding carboxylic acids is 1. The Morgan fingerprint density at radius 3 is 2.72 bits per heavy atom. The second-order valence-electron chi connectivity index (χ2n) is 4.24. The van der Waals surface area contributed by atoms with Gasteiger partial charge in [0.2, 0.25) is 0 Å². The second-order valence-corrected chi connectivity index (χ2v) is 5.05. The Morgan fingerprint density at radius 2 is 2.11 bits per heavy atom. The number of hydrogen-bond donors (Lipinski definition) is 1. The molecule has 1 atom stereocenters. The molecule has 1 aliphatic rings. The molecule has 0 spiro atoms. The quantitative estimate of drug-likeness (QED) is 0.865. The molecule has 3 nitrogen and oxygen atoms in total. The lowest BCUT2D eigenvalue weighted by Gasteiger charge is -2.32. The molecule has 18 heavy (non-hydrogen) atoms. The first kappa shape index (κ1) is 15.6. The lowest BCUT2D eigenvalue weighted by molar-refractivity contribution is 0.0709. The highest BCUT2D eigenvalue weighted by Gasteiger charge is 2.21. The molecule has 1 amide bonds. The maximum Gasteiger partial charge on any atom is 0.254 e. The topological polar surface area (TPSA) is 32.3 Å². The number of amides is 1. The maximum absolute atomic E-state index is 12.2. The van der Waals surface area contributed by atoms with Crippen LogP contribution in [0.3, 0.4) is 0 Å². The number of piperazine rings is 1. The van der Waals surface area contributed by atoms with Crippen molar-refractivity contribution in [2.45, 2.75) is 13.0 Å². The van der Waals surface area contributed by atoms with Crippen molar-refractivity contribution in [2.75, 3.05) is 19.6 Å². The lowest BCUT2D eigenvalue weighted by Crippen LogP contribution is -2.51. The number of rotatable bonds is 1. The summed E-state index contributed by atoms with van der Waals surface area (Å²) >= 11 is 11.7. The van der Waals surface area contributed by atoms with Crippen LogP contribution in [0.25, 0.3) is 0 Å². The van der Waals surface area contributed by atoms with E-state index in [9.17, 15) is 4.79 Å². The smallest absolute Gasteiger partial charge is 0.254 e. The van der Waals surface area contributed by atoms with E-state index in [-0.39, 0.29) is 18.3 Å². The average molecular weight is 310 g/mol. The molecule has 1 heterocycles. The first-order valence-electron chi connectivity index (χ1n) is 5.55. The molecule has 0 aliphatic carbocycles. The second kappa shape index (κ2) is 6.62. The monoisotopic (exact) mass is 308 g/mol. The molecular formula is C12H15Cl3N2O. The van der Waals surface area contributed by atoms with Crippen molar-refractivity contribution >= 4 is 41.5 Å². The van der Waals surface area contributed by atoms with Gasteiger partial charge in [0.15, 0.2) is 0 Å². The highest BCUT2D eigenvalue weighted by atomic mass is 35.5. The minimum atomic E-state index is 0. The molecule has 0 aromatic heterocycles. The summed E-state index contributed by atoms with van der Waals surface area (Å²) < 4.78 is 0.